The number of hydrogen-bond acceptors (Lipinski definition) is 10. The van der Waals surface area contributed by atoms with Crippen molar-refractivity contribution in [2.75, 3.05) is 35.5 Å². The predicted octanol–water partition coefficient (Wildman–Crippen LogP) is 6.53. The molecule has 260 valence electrons. The highest BCUT2D eigenvalue weighted by atomic mass is 16.5. The van der Waals surface area contributed by atoms with Gasteiger partial charge in [0.25, 0.3) is 0 Å². The van der Waals surface area contributed by atoms with Crippen molar-refractivity contribution in [3.63, 3.8) is 0 Å². The lowest BCUT2D eigenvalue weighted by atomic mass is 9.94. The van der Waals surface area contributed by atoms with Crippen molar-refractivity contribution in [3.8, 4) is 57.5 Å². The van der Waals surface area contributed by atoms with Gasteiger partial charge in [-0.2, -0.15) is 0 Å². The summed E-state index contributed by atoms with van der Waals surface area (Å²) in [5, 5.41) is 55.9. The first-order chi connectivity index (χ1) is 24.0. The molecule has 10 aliphatic carbocycles. The molecule has 0 aliphatic heterocycles. The first kappa shape index (κ1) is 34.0. The van der Waals surface area contributed by atoms with Crippen LogP contribution in [0.2, 0.25) is 0 Å². The SMILES string of the molecule is COc1cc2c(O)cc1Cc1cc(OC)c(cc1O)Cc1cc(OC)c(cc1O)Cc1cc(OC)c(cc1O)Cc1cc(OC)c(cc1O)C2. The number of methoxy groups -OCH3 is 5. The Morgan fingerprint density at radius 1 is 0.280 bits per heavy atom. The minimum atomic E-state index is 0.00758. The van der Waals surface area contributed by atoms with E-state index in [1.807, 2.05) is 0 Å². The monoisotopic (exact) mass is 680 g/mol. The first-order valence-corrected chi connectivity index (χ1v) is 16.0. The summed E-state index contributed by atoms with van der Waals surface area (Å²) < 4.78 is 28.6. The molecule has 0 unspecified atom stereocenters. The average molecular weight is 681 g/mol. The summed E-state index contributed by atoms with van der Waals surface area (Å²) in [6, 6.07) is 16.7. The maximum atomic E-state index is 11.2. The van der Waals surface area contributed by atoms with Gasteiger partial charge in [0, 0.05) is 87.7 Å². The third-order valence-electron chi connectivity index (χ3n) is 9.31. The van der Waals surface area contributed by atoms with Crippen LogP contribution in [0.3, 0.4) is 0 Å². The van der Waals surface area contributed by atoms with Crippen LogP contribution in [0.25, 0.3) is 0 Å². The molecule has 10 heteroatoms. The molecule has 0 radical (unpaired) electrons. The summed E-state index contributed by atoms with van der Waals surface area (Å²) >= 11 is 0. The molecular weight excluding hydrogens is 640 g/mol. The van der Waals surface area contributed by atoms with Gasteiger partial charge in [-0.3, -0.25) is 0 Å². The van der Waals surface area contributed by atoms with Crippen LogP contribution < -0.4 is 23.7 Å². The number of ether oxygens (including phenoxy) is 5. The number of hydrogen-bond donors (Lipinski definition) is 5. The molecule has 0 fully saturated rings. The number of benzene rings is 5. The molecule has 0 saturated heterocycles. The molecule has 0 aromatic heterocycles. The second-order valence-electron chi connectivity index (χ2n) is 12.3. The molecule has 0 spiro atoms. The molecule has 50 heavy (non-hydrogen) atoms. The maximum absolute atomic E-state index is 11.2. The van der Waals surface area contributed by atoms with Gasteiger partial charge in [0.15, 0.2) is 0 Å². The van der Waals surface area contributed by atoms with Gasteiger partial charge in [-0.15, -0.1) is 0 Å². The molecule has 10 aliphatic rings. The first-order valence-electron chi connectivity index (χ1n) is 16.0. The van der Waals surface area contributed by atoms with Crippen LogP contribution >= 0.6 is 0 Å². The van der Waals surface area contributed by atoms with E-state index in [0.717, 1.165) is 0 Å². The fourth-order valence-corrected chi connectivity index (χ4v) is 6.64. The Bertz CT molecular complexity index is 1740. The number of phenols is 5. The third-order valence-corrected chi connectivity index (χ3v) is 9.31. The molecule has 0 heterocycles. The fraction of sp³-hybridized carbons (Fsp3) is 0.250. The second-order valence-corrected chi connectivity index (χ2v) is 12.3. The summed E-state index contributed by atoms with van der Waals surface area (Å²) in [7, 11) is 7.67. The van der Waals surface area contributed by atoms with E-state index in [-0.39, 0.29) is 60.9 Å². The Balaban J connectivity index is 1.54. The van der Waals surface area contributed by atoms with Crippen LogP contribution in [0.1, 0.15) is 55.6 Å². The topological polar surface area (TPSA) is 147 Å². The number of rotatable bonds is 5. The van der Waals surface area contributed by atoms with Crippen LogP contribution in [0.5, 0.6) is 57.5 Å². The normalized spacial score (nSPS) is 12.5. The van der Waals surface area contributed by atoms with Gasteiger partial charge < -0.3 is 49.2 Å². The number of aromatic hydroxyl groups is 5. The zero-order chi connectivity index (χ0) is 35.7. The van der Waals surface area contributed by atoms with Gasteiger partial charge >= 0.3 is 0 Å². The van der Waals surface area contributed by atoms with Crippen molar-refractivity contribution in [2.45, 2.75) is 32.1 Å². The quantitative estimate of drug-likeness (QED) is 0.136. The smallest absolute Gasteiger partial charge is 0.122 e. The van der Waals surface area contributed by atoms with Crippen molar-refractivity contribution in [2.24, 2.45) is 0 Å². The molecule has 15 rings (SSSR count). The Morgan fingerprint density at radius 3 is 0.580 bits per heavy atom. The molecule has 5 aromatic carbocycles. The van der Waals surface area contributed by atoms with E-state index >= 15 is 0 Å². The zero-order valence-corrected chi connectivity index (χ0v) is 28.6. The fourth-order valence-electron chi connectivity index (χ4n) is 6.64. The van der Waals surface area contributed by atoms with E-state index in [0.29, 0.717) is 84.4 Å². The van der Waals surface area contributed by atoms with Gasteiger partial charge in [-0.05, 0) is 60.7 Å². The lowest BCUT2D eigenvalue weighted by molar-refractivity contribution is 0.401. The highest BCUT2D eigenvalue weighted by molar-refractivity contribution is 5.58. The summed E-state index contributed by atoms with van der Waals surface area (Å²) in [4.78, 5) is 0. The van der Waals surface area contributed by atoms with Gasteiger partial charge in [0.1, 0.15) is 57.5 Å². The minimum absolute atomic E-state index is 0.00758. The average Bonchev–Trinajstić information content (AvgIpc) is 3.09. The second kappa shape index (κ2) is 13.9. The lowest BCUT2D eigenvalue weighted by Gasteiger charge is -2.17. The number of phenolic OH excluding ortho intramolecular Hbond substituents is 5. The van der Waals surface area contributed by atoms with Crippen molar-refractivity contribution in [3.05, 3.63) is 116 Å². The molecule has 0 amide bonds. The van der Waals surface area contributed by atoms with Crippen molar-refractivity contribution >= 4 is 0 Å². The van der Waals surface area contributed by atoms with Crippen LogP contribution in [0, 0.1) is 0 Å². The Labute approximate surface area is 290 Å². The van der Waals surface area contributed by atoms with Crippen molar-refractivity contribution < 1.29 is 49.2 Å². The van der Waals surface area contributed by atoms with E-state index in [2.05, 4.69) is 0 Å². The van der Waals surface area contributed by atoms with Crippen LogP contribution in [-0.4, -0.2) is 61.1 Å². The van der Waals surface area contributed by atoms with Gasteiger partial charge in [0.2, 0.25) is 0 Å². The molecule has 5 N–H and O–H groups in total. The minimum Gasteiger partial charge on any atom is -0.508 e. The zero-order valence-electron chi connectivity index (χ0n) is 28.6. The van der Waals surface area contributed by atoms with Crippen LogP contribution in [-0.2, 0) is 32.1 Å². The van der Waals surface area contributed by atoms with Crippen molar-refractivity contribution in [1.82, 2.24) is 0 Å². The highest BCUT2D eigenvalue weighted by Gasteiger charge is 2.21. The van der Waals surface area contributed by atoms with E-state index in [9.17, 15) is 25.5 Å². The Kier molecular flexibility index (Phi) is 9.46. The predicted molar refractivity (Wildman–Crippen MR) is 187 cm³/mol. The Morgan fingerprint density at radius 2 is 0.440 bits per heavy atom. The van der Waals surface area contributed by atoms with Crippen LogP contribution in [0.4, 0.5) is 0 Å². The summed E-state index contributed by atoms with van der Waals surface area (Å²) in [5.74, 6) is 2.53. The molecule has 10 bridgehead atoms. The molecule has 0 saturated carbocycles. The highest BCUT2D eigenvalue weighted by Crippen LogP contribution is 2.41. The van der Waals surface area contributed by atoms with Gasteiger partial charge in [-0.25, -0.2) is 0 Å². The van der Waals surface area contributed by atoms with Gasteiger partial charge in [-0.1, -0.05) is 0 Å². The largest absolute Gasteiger partial charge is 0.508 e. The van der Waals surface area contributed by atoms with Gasteiger partial charge in [0.05, 0.1) is 35.5 Å². The van der Waals surface area contributed by atoms with Crippen LogP contribution in [0.15, 0.2) is 60.7 Å². The van der Waals surface area contributed by atoms with E-state index in [1.165, 1.54) is 35.5 Å². The molecule has 10 nitrogen and oxygen atoms in total. The molecule has 0 atom stereocenters. The van der Waals surface area contributed by atoms with E-state index < -0.39 is 0 Å². The maximum Gasteiger partial charge on any atom is 0.122 e. The molecule has 5 aromatic rings. The summed E-state index contributed by atoms with van der Waals surface area (Å²) in [6.07, 6.45) is 1.12. The van der Waals surface area contributed by atoms with Crippen molar-refractivity contribution in [1.29, 1.82) is 0 Å². The molecular formula is C40H40O10. The van der Waals surface area contributed by atoms with E-state index in [1.54, 1.807) is 60.7 Å². The standard InChI is InChI=1S/C40H40O10/c1-46-36-16-21-7-27-12-33(43)23(18-38(27)48-3)9-29-14-35(45)25(20-40(29)50-5)10-30-15-34(44)24(19-39(30)49-4)8-28-13-32(42)22(17-37(28)47-2)6-26(36)11-31(21)41/h11-20,41-45H,6-10H2,1-5H3. The third kappa shape index (κ3) is 6.56. The lowest BCUT2D eigenvalue weighted by Crippen LogP contribution is -2.01. The Hall–Kier alpha value is -5.90. The summed E-state index contributed by atoms with van der Waals surface area (Å²) in [6.45, 7) is 0. The summed E-state index contributed by atoms with van der Waals surface area (Å²) in [5.41, 5.74) is 5.89. The van der Waals surface area contributed by atoms with E-state index in [4.69, 9.17) is 23.7 Å².